The van der Waals surface area contributed by atoms with Crippen LogP contribution < -0.4 is 5.32 Å². The van der Waals surface area contributed by atoms with E-state index < -0.39 is 0 Å². The van der Waals surface area contributed by atoms with Crippen LogP contribution in [-0.2, 0) is 6.42 Å². The summed E-state index contributed by atoms with van der Waals surface area (Å²) >= 11 is 11.8. The summed E-state index contributed by atoms with van der Waals surface area (Å²) in [5.41, 5.74) is 1.28. The fourth-order valence-corrected chi connectivity index (χ4v) is 2.36. The lowest BCUT2D eigenvalue weighted by Gasteiger charge is -2.09. The number of aryl methyl sites for hydroxylation is 1. The van der Waals surface area contributed by atoms with E-state index in [-0.39, 0.29) is 0 Å². The number of benzene rings is 1. The minimum Gasteiger partial charge on any atom is -0.314 e. The van der Waals surface area contributed by atoms with Gasteiger partial charge in [0.1, 0.15) is 0 Å². The van der Waals surface area contributed by atoms with Crippen molar-refractivity contribution in [2.24, 2.45) is 0 Å². The normalized spacial score (nSPS) is 20.8. The van der Waals surface area contributed by atoms with Crippen molar-refractivity contribution < 1.29 is 0 Å². The molecule has 0 aromatic heterocycles. The van der Waals surface area contributed by atoms with Gasteiger partial charge in [0.15, 0.2) is 0 Å². The minimum absolute atomic E-state index is 0.638. The number of rotatable bonds is 3. The third-order valence-corrected chi connectivity index (χ3v) is 3.67. The van der Waals surface area contributed by atoms with E-state index in [1.54, 1.807) is 0 Å². The van der Waals surface area contributed by atoms with Crippen LogP contribution in [0.5, 0.6) is 0 Å². The molecule has 0 spiro atoms. The summed E-state index contributed by atoms with van der Waals surface area (Å²) < 4.78 is 0. The lowest BCUT2D eigenvalue weighted by molar-refractivity contribution is 0.559. The number of hydrogen-bond acceptors (Lipinski definition) is 1. The first-order valence-electron chi connectivity index (χ1n) is 5.43. The van der Waals surface area contributed by atoms with E-state index in [1.165, 1.54) is 31.4 Å². The third-order valence-electron chi connectivity index (χ3n) is 2.93. The summed E-state index contributed by atoms with van der Waals surface area (Å²) in [6.07, 6.45) is 4.89. The van der Waals surface area contributed by atoms with Gasteiger partial charge in [0.05, 0.1) is 10.0 Å². The summed E-state index contributed by atoms with van der Waals surface area (Å²) in [5.74, 6) is 0. The monoisotopic (exact) mass is 243 g/mol. The Bertz CT molecular complexity index is 332. The van der Waals surface area contributed by atoms with Crippen LogP contribution >= 0.6 is 23.2 Å². The van der Waals surface area contributed by atoms with Gasteiger partial charge >= 0.3 is 0 Å². The van der Waals surface area contributed by atoms with Gasteiger partial charge in [-0.05, 0) is 49.9 Å². The molecule has 0 bridgehead atoms. The van der Waals surface area contributed by atoms with E-state index >= 15 is 0 Å². The van der Waals surface area contributed by atoms with Crippen molar-refractivity contribution in [1.29, 1.82) is 0 Å². The topological polar surface area (TPSA) is 12.0 Å². The van der Waals surface area contributed by atoms with Gasteiger partial charge in [0, 0.05) is 6.04 Å². The van der Waals surface area contributed by atoms with Crippen LogP contribution in [0.2, 0.25) is 10.0 Å². The van der Waals surface area contributed by atoms with Gasteiger partial charge in [-0.1, -0.05) is 29.3 Å². The van der Waals surface area contributed by atoms with E-state index in [0.717, 1.165) is 6.42 Å². The summed E-state index contributed by atoms with van der Waals surface area (Å²) in [4.78, 5) is 0. The Hall–Kier alpha value is -0.240. The Morgan fingerprint density at radius 1 is 1.27 bits per heavy atom. The highest BCUT2D eigenvalue weighted by atomic mass is 35.5. The SMILES string of the molecule is Clc1ccc(CCC2CCCN2)cc1Cl. The van der Waals surface area contributed by atoms with Crippen molar-refractivity contribution in [3.63, 3.8) is 0 Å². The number of hydrogen-bond donors (Lipinski definition) is 1. The van der Waals surface area contributed by atoms with Crippen LogP contribution in [0.25, 0.3) is 0 Å². The van der Waals surface area contributed by atoms with Crippen LogP contribution in [-0.4, -0.2) is 12.6 Å². The zero-order valence-corrected chi connectivity index (χ0v) is 10.1. The lowest BCUT2D eigenvalue weighted by atomic mass is 10.0. The predicted molar refractivity (Wildman–Crippen MR) is 65.8 cm³/mol. The zero-order chi connectivity index (χ0) is 10.7. The highest BCUT2D eigenvalue weighted by Gasteiger charge is 2.13. The van der Waals surface area contributed by atoms with Crippen molar-refractivity contribution in [2.75, 3.05) is 6.54 Å². The first kappa shape index (κ1) is 11.3. The van der Waals surface area contributed by atoms with E-state index in [1.807, 2.05) is 12.1 Å². The highest BCUT2D eigenvalue weighted by molar-refractivity contribution is 6.42. The second kappa shape index (κ2) is 5.20. The van der Waals surface area contributed by atoms with Crippen molar-refractivity contribution in [1.82, 2.24) is 5.32 Å². The molecule has 1 unspecified atom stereocenters. The Morgan fingerprint density at radius 2 is 2.13 bits per heavy atom. The molecular weight excluding hydrogens is 229 g/mol. The second-order valence-corrected chi connectivity index (χ2v) is 4.89. The minimum atomic E-state index is 0.638. The predicted octanol–water partition coefficient (Wildman–Crippen LogP) is 3.68. The van der Waals surface area contributed by atoms with Gasteiger partial charge in [0.25, 0.3) is 0 Å². The summed E-state index contributed by atoms with van der Waals surface area (Å²) in [6, 6.07) is 6.60. The fraction of sp³-hybridized carbons (Fsp3) is 0.500. The number of nitrogens with one attached hydrogen (secondary N) is 1. The molecule has 1 saturated heterocycles. The Kier molecular flexibility index (Phi) is 3.90. The maximum absolute atomic E-state index is 5.96. The largest absolute Gasteiger partial charge is 0.314 e. The van der Waals surface area contributed by atoms with Crippen LogP contribution in [0.1, 0.15) is 24.8 Å². The molecule has 1 fully saturated rings. The molecule has 0 amide bonds. The molecule has 15 heavy (non-hydrogen) atoms. The van der Waals surface area contributed by atoms with E-state index in [0.29, 0.717) is 16.1 Å². The lowest BCUT2D eigenvalue weighted by Crippen LogP contribution is -2.21. The summed E-state index contributed by atoms with van der Waals surface area (Å²) in [7, 11) is 0. The molecule has 1 atom stereocenters. The second-order valence-electron chi connectivity index (χ2n) is 4.08. The van der Waals surface area contributed by atoms with Gasteiger partial charge in [-0.25, -0.2) is 0 Å². The highest BCUT2D eigenvalue weighted by Crippen LogP contribution is 2.23. The molecule has 1 heterocycles. The Morgan fingerprint density at radius 3 is 2.80 bits per heavy atom. The van der Waals surface area contributed by atoms with Gasteiger partial charge < -0.3 is 5.32 Å². The average Bonchev–Trinajstić information content (AvgIpc) is 2.73. The van der Waals surface area contributed by atoms with Crippen LogP contribution in [0.3, 0.4) is 0 Å². The third kappa shape index (κ3) is 3.10. The quantitative estimate of drug-likeness (QED) is 0.855. The smallest absolute Gasteiger partial charge is 0.0595 e. The molecule has 0 radical (unpaired) electrons. The van der Waals surface area contributed by atoms with Crippen molar-refractivity contribution in [2.45, 2.75) is 31.7 Å². The molecule has 1 aromatic rings. The molecule has 0 saturated carbocycles. The van der Waals surface area contributed by atoms with Gasteiger partial charge in [-0.3, -0.25) is 0 Å². The molecule has 1 nitrogen and oxygen atoms in total. The molecule has 1 N–H and O–H groups in total. The standard InChI is InChI=1S/C12H15Cl2N/c13-11-6-4-9(8-12(11)14)3-5-10-2-1-7-15-10/h4,6,8,10,15H,1-3,5,7H2. The molecule has 1 aliphatic heterocycles. The molecule has 0 aliphatic carbocycles. The summed E-state index contributed by atoms with van der Waals surface area (Å²) in [5, 5.41) is 4.79. The molecule has 1 aliphatic rings. The Balaban J connectivity index is 1.90. The Labute approximate surface area is 101 Å². The van der Waals surface area contributed by atoms with Crippen LogP contribution in [0.15, 0.2) is 18.2 Å². The van der Waals surface area contributed by atoms with Crippen LogP contribution in [0.4, 0.5) is 0 Å². The van der Waals surface area contributed by atoms with Crippen molar-refractivity contribution in [3.05, 3.63) is 33.8 Å². The van der Waals surface area contributed by atoms with Crippen molar-refractivity contribution in [3.8, 4) is 0 Å². The van der Waals surface area contributed by atoms with Gasteiger partial charge in [0.2, 0.25) is 0 Å². The molecule has 82 valence electrons. The van der Waals surface area contributed by atoms with E-state index in [2.05, 4.69) is 11.4 Å². The molecule has 1 aromatic carbocycles. The van der Waals surface area contributed by atoms with Crippen molar-refractivity contribution >= 4 is 23.2 Å². The maximum Gasteiger partial charge on any atom is 0.0595 e. The zero-order valence-electron chi connectivity index (χ0n) is 8.60. The van der Waals surface area contributed by atoms with E-state index in [4.69, 9.17) is 23.2 Å². The summed E-state index contributed by atoms with van der Waals surface area (Å²) in [6.45, 7) is 1.17. The average molecular weight is 244 g/mol. The number of halogens is 2. The van der Waals surface area contributed by atoms with E-state index in [9.17, 15) is 0 Å². The molecular formula is C12H15Cl2N. The van der Waals surface area contributed by atoms with Gasteiger partial charge in [-0.2, -0.15) is 0 Å². The van der Waals surface area contributed by atoms with Gasteiger partial charge in [-0.15, -0.1) is 0 Å². The first-order chi connectivity index (χ1) is 7.25. The molecule has 3 heteroatoms. The first-order valence-corrected chi connectivity index (χ1v) is 6.18. The van der Waals surface area contributed by atoms with Crippen LogP contribution in [0, 0.1) is 0 Å². The maximum atomic E-state index is 5.96. The molecule has 2 rings (SSSR count). The fourth-order valence-electron chi connectivity index (χ4n) is 2.04.